The van der Waals surface area contributed by atoms with Gasteiger partial charge in [0.05, 0.1) is 18.4 Å². The lowest BCUT2D eigenvalue weighted by atomic mass is 9.78. The number of esters is 1. The number of allylic oxidation sites excluding steroid dienone is 6. The van der Waals surface area contributed by atoms with E-state index in [1.165, 1.54) is 16.7 Å². The molecule has 1 rings (SSSR count). The SMILES string of the molecule is CCCCOC(=O)C1CC(CC/C=C(\C)CCC=C(C)C)=CCC1C(=O)O. The molecule has 0 aliphatic heterocycles. The fourth-order valence-corrected chi connectivity index (χ4v) is 3.31. The molecule has 4 nitrogen and oxygen atoms in total. The minimum Gasteiger partial charge on any atom is -0.481 e. The van der Waals surface area contributed by atoms with Gasteiger partial charge in [0.1, 0.15) is 0 Å². The normalized spacial score (nSPS) is 20.0. The van der Waals surface area contributed by atoms with Gasteiger partial charge < -0.3 is 9.84 Å². The third kappa shape index (κ3) is 9.07. The number of aliphatic carboxylic acids is 1. The van der Waals surface area contributed by atoms with Crippen LogP contribution >= 0.6 is 0 Å². The van der Waals surface area contributed by atoms with Crippen LogP contribution in [-0.2, 0) is 14.3 Å². The number of carbonyl (C=O) groups is 2. The molecule has 152 valence electrons. The Morgan fingerprint density at radius 3 is 2.56 bits per heavy atom. The molecule has 1 N–H and O–H groups in total. The van der Waals surface area contributed by atoms with Gasteiger partial charge >= 0.3 is 11.9 Å². The first-order chi connectivity index (χ1) is 12.8. The molecule has 0 aromatic carbocycles. The summed E-state index contributed by atoms with van der Waals surface area (Å²) in [4.78, 5) is 23.9. The molecule has 0 amide bonds. The first-order valence-electron chi connectivity index (χ1n) is 10.2. The lowest BCUT2D eigenvalue weighted by Crippen LogP contribution is -2.33. The van der Waals surface area contributed by atoms with Gasteiger partial charge in [0.25, 0.3) is 0 Å². The molecule has 1 aliphatic carbocycles. The van der Waals surface area contributed by atoms with Gasteiger partial charge in [-0.2, -0.15) is 0 Å². The van der Waals surface area contributed by atoms with Crippen LogP contribution in [0.4, 0.5) is 0 Å². The largest absolute Gasteiger partial charge is 0.481 e. The summed E-state index contributed by atoms with van der Waals surface area (Å²) in [6.07, 6.45) is 13.2. The third-order valence-corrected chi connectivity index (χ3v) is 5.04. The number of hydrogen-bond acceptors (Lipinski definition) is 3. The Morgan fingerprint density at radius 1 is 1.19 bits per heavy atom. The Bertz CT molecular complexity index is 579. The van der Waals surface area contributed by atoms with Crippen molar-refractivity contribution in [2.75, 3.05) is 6.61 Å². The van der Waals surface area contributed by atoms with Crippen molar-refractivity contribution in [2.24, 2.45) is 11.8 Å². The van der Waals surface area contributed by atoms with Crippen molar-refractivity contribution in [1.29, 1.82) is 0 Å². The molecule has 0 heterocycles. The Kier molecular flexibility index (Phi) is 10.8. The summed E-state index contributed by atoms with van der Waals surface area (Å²) in [6, 6.07) is 0. The van der Waals surface area contributed by atoms with Crippen molar-refractivity contribution in [3.63, 3.8) is 0 Å². The van der Waals surface area contributed by atoms with Crippen molar-refractivity contribution >= 4 is 11.9 Å². The quantitative estimate of drug-likeness (QED) is 0.279. The van der Waals surface area contributed by atoms with Crippen molar-refractivity contribution < 1.29 is 19.4 Å². The molecule has 2 unspecified atom stereocenters. The van der Waals surface area contributed by atoms with Crippen LogP contribution in [0.3, 0.4) is 0 Å². The monoisotopic (exact) mass is 376 g/mol. The molecule has 0 spiro atoms. The lowest BCUT2D eigenvalue weighted by molar-refractivity contribution is -0.158. The highest BCUT2D eigenvalue weighted by molar-refractivity contribution is 5.82. The second kappa shape index (κ2) is 12.5. The number of rotatable bonds is 11. The van der Waals surface area contributed by atoms with Gasteiger partial charge in [0.15, 0.2) is 0 Å². The van der Waals surface area contributed by atoms with Gasteiger partial charge in [-0.15, -0.1) is 0 Å². The molecule has 1 aliphatic rings. The predicted octanol–water partition coefficient (Wildman–Crippen LogP) is 5.84. The fraction of sp³-hybridized carbons (Fsp3) is 0.652. The van der Waals surface area contributed by atoms with Crippen molar-refractivity contribution in [2.45, 2.75) is 79.1 Å². The second-order valence-corrected chi connectivity index (χ2v) is 7.78. The van der Waals surface area contributed by atoms with E-state index in [2.05, 4.69) is 32.9 Å². The number of unbranched alkanes of at least 4 members (excludes halogenated alkanes) is 1. The van der Waals surface area contributed by atoms with E-state index in [-0.39, 0.29) is 5.97 Å². The Hall–Kier alpha value is -1.84. The molecule has 0 bridgehead atoms. The third-order valence-electron chi connectivity index (χ3n) is 5.04. The van der Waals surface area contributed by atoms with E-state index >= 15 is 0 Å². The second-order valence-electron chi connectivity index (χ2n) is 7.78. The van der Waals surface area contributed by atoms with Crippen LogP contribution in [0.15, 0.2) is 34.9 Å². The number of carboxylic acid groups (broad SMARTS) is 1. The van der Waals surface area contributed by atoms with Crippen molar-refractivity contribution in [1.82, 2.24) is 0 Å². The number of carboxylic acids is 1. The van der Waals surface area contributed by atoms with E-state index in [1.807, 2.05) is 13.0 Å². The average molecular weight is 377 g/mol. The van der Waals surface area contributed by atoms with Crippen LogP contribution < -0.4 is 0 Å². The zero-order valence-corrected chi connectivity index (χ0v) is 17.4. The van der Waals surface area contributed by atoms with Crippen LogP contribution in [0, 0.1) is 11.8 Å². The molecule has 0 saturated heterocycles. The van der Waals surface area contributed by atoms with Crippen LogP contribution in [0.25, 0.3) is 0 Å². The zero-order valence-electron chi connectivity index (χ0n) is 17.4. The minimum absolute atomic E-state index is 0.352. The zero-order chi connectivity index (χ0) is 20.2. The Labute approximate surface area is 164 Å². The number of hydrogen-bond donors (Lipinski definition) is 1. The number of ether oxygens (including phenoxy) is 1. The summed E-state index contributed by atoms with van der Waals surface area (Å²) in [6.45, 7) is 8.79. The van der Waals surface area contributed by atoms with E-state index in [9.17, 15) is 14.7 Å². The van der Waals surface area contributed by atoms with E-state index in [1.54, 1.807) is 0 Å². The van der Waals surface area contributed by atoms with Crippen molar-refractivity contribution in [3.8, 4) is 0 Å². The number of carbonyl (C=O) groups excluding carboxylic acids is 1. The highest BCUT2D eigenvalue weighted by Gasteiger charge is 2.37. The molecule has 0 aromatic rings. The summed E-state index contributed by atoms with van der Waals surface area (Å²) in [5, 5.41) is 9.43. The van der Waals surface area contributed by atoms with Gasteiger partial charge in [0, 0.05) is 0 Å². The van der Waals surface area contributed by atoms with E-state index in [4.69, 9.17) is 4.74 Å². The molecular formula is C23H36O4. The predicted molar refractivity (Wildman–Crippen MR) is 109 cm³/mol. The smallest absolute Gasteiger partial charge is 0.310 e. The van der Waals surface area contributed by atoms with Crippen LogP contribution in [0.2, 0.25) is 0 Å². The highest BCUT2D eigenvalue weighted by Crippen LogP contribution is 2.33. The topological polar surface area (TPSA) is 63.6 Å². The lowest BCUT2D eigenvalue weighted by Gasteiger charge is -2.27. The molecule has 0 aromatic heterocycles. The molecular weight excluding hydrogens is 340 g/mol. The molecule has 27 heavy (non-hydrogen) atoms. The standard InChI is InChI=1S/C23H36O4/c1-5-6-15-27-23(26)21-16-19(13-14-20(21)22(24)25)12-8-11-18(4)10-7-9-17(2)3/h9,11,13,20-21H,5-8,10,12,14-16H2,1-4H3,(H,24,25)/b18-11+. The van der Waals surface area contributed by atoms with Crippen molar-refractivity contribution in [3.05, 3.63) is 34.9 Å². The maximum absolute atomic E-state index is 12.4. The summed E-state index contributed by atoms with van der Waals surface area (Å²) >= 11 is 0. The molecule has 0 radical (unpaired) electrons. The first-order valence-corrected chi connectivity index (χ1v) is 10.2. The van der Waals surface area contributed by atoms with Crippen LogP contribution in [-0.4, -0.2) is 23.7 Å². The fourth-order valence-electron chi connectivity index (χ4n) is 3.31. The molecule has 0 saturated carbocycles. The van der Waals surface area contributed by atoms with E-state index in [0.29, 0.717) is 19.4 Å². The maximum atomic E-state index is 12.4. The van der Waals surface area contributed by atoms with Gasteiger partial charge in [-0.05, 0) is 65.7 Å². The summed E-state index contributed by atoms with van der Waals surface area (Å²) in [5.41, 5.74) is 3.90. The average Bonchev–Trinajstić information content (AvgIpc) is 2.61. The maximum Gasteiger partial charge on any atom is 0.310 e. The summed E-state index contributed by atoms with van der Waals surface area (Å²) in [7, 11) is 0. The minimum atomic E-state index is -0.905. The summed E-state index contributed by atoms with van der Waals surface area (Å²) in [5.74, 6) is -2.47. The van der Waals surface area contributed by atoms with Gasteiger partial charge in [-0.3, -0.25) is 9.59 Å². The van der Waals surface area contributed by atoms with Gasteiger partial charge in [0.2, 0.25) is 0 Å². The summed E-state index contributed by atoms with van der Waals surface area (Å²) < 4.78 is 5.31. The highest BCUT2D eigenvalue weighted by atomic mass is 16.5. The van der Waals surface area contributed by atoms with Crippen LogP contribution in [0.1, 0.15) is 79.1 Å². The van der Waals surface area contributed by atoms with Crippen LogP contribution in [0.5, 0.6) is 0 Å². The van der Waals surface area contributed by atoms with Gasteiger partial charge in [-0.25, -0.2) is 0 Å². The Balaban J connectivity index is 2.57. The molecule has 0 fully saturated rings. The Morgan fingerprint density at radius 2 is 1.93 bits per heavy atom. The molecule has 4 heteroatoms. The van der Waals surface area contributed by atoms with Gasteiger partial charge in [-0.1, -0.05) is 48.3 Å². The van der Waals surface area contributed by atoms with E-state index in [0.717, 1.165) is 38.5 Å². The first kappa shape index (κ1) is 23.2. The van der Waals surface area contributed by atoms with E-state index < -0.39 is 17.8 Å². The molecule has 2 atom stereocenters.